The largest absolute Gasteiger partial charge is 0.496 e. The molecule has 0 heterocycles. The Morgan fingerprint density at radius 2 is 2.00 bits per heavy atom. The lowest BCUT2D eigenvalue weighted by Gasteiger charge is -2.12. The van der Waals surface area contributed by atoms with Crippen LogP contribution in [-0.4, -0.2) is 32.7 Å². The summed E-state index contributed by atoms with van der Waals surface area (Å²) in [6, 6.07) is 4.18. The first-order valence-electron chi connectivity index (χ1n) is 6.70. The molecule has 0 spiro atoms. The van der Waals surface area contributed by atoms with E-state index in [2.05, 4.69) is 23.6 Å². The standard InChI is InChI=1S/C15H24N2O2/c1-5-16-10-15(18)17-7-6-13-8-12(3)14(19-4)9-11(13)2/h8-9,16H,5-7,10H2,1-4H3,(H,17,18). The Morgan fingerprint density at radius 3 is 2.63 bits per heavy atom. The van der Waals surface area contributed by atoms with Crippen molar-refractivity contribution in [1.29, 1.82) is 0 Å². The zero-order chi connectivity index (χ0) is 14.3. The summed E-state index contributed by atoms with van der Waals surface area (Å²) in [4.78, 5) is 11.5. The van der Waals surface area contributed by atoms with Crippen molar-refractivity contribution < 1.29 is 9.53 Å². The summed E-state index contributed by atoms with van der Waals surface area (Å²) in [5.74, 6) is 0.960. The molecule has 0 bridgehead atoms. The topological polar surface area (TPSA) is 50.4 Å². The Hall–Kier alpha value is -1.55. The number of hydrogen-bond donors (Lipinski definition) is 2. The number of ether oxygens (including phenoxy) is 1. The van der Waals surface area contributed by atoms with Gasteiger partial charge in [0.2, 0.25) is 5.91 Å². The summed E-state index contributed by atoms with van der Waals surface area (Å²) >= 11 is 0. The van der Waals surface area contributed by atoms with Gasteiger partial charge in [0, 0.05) is 6.54 Å². The molecule has 0 saturated carbocycles. The van der Waals surface area contributed by atoms with Crippen LogP contribution in [0.1, 0.15) is 23.6 Å². The maximum absolute atomic E-state index is 11.5. The third-order valence-corrected chi connectivity index (χ3v) is 3.11. The number of methoxy groups -OCH3 is 1. The van der Waals surface area contributed by atoms with Gasteiger partial charge in [-0.05, 0) is 49.6 Å². The number of rotatable bonds is 7. The van der Waals surface area contributed by atoms with E-state index < -0.39 is 0 Å². The Morgan fingerprint density at radius 1 is 1.26 bits per heavy atom. The second-order valence-corrected chi connectivity index (χ2v) is 4.63. The number of aryl methyl sites for hydroxylation is 2. The molecule has 1 aromatic carbocycles. The fraction of sp³-hybridized carbons (Fsp3) is 0.533. The maximum Gasteiger partial charge on any atom is 0.233 e. The van der Waals surface area contributed by atoms with E-state index in [4.69, 9.17) is 4.74 Å². The number of likely N-dealkylation sites (N-methyl/N-ethyl adjacent to an activating group) is 1. The predicted molar refractivity (Wildman–Crippen MR) is 77.7 cm³/mol. The van der Waals surface area contributed by atoms with Gasteiger partial charge >= 0.3 is 0 Å². The smallest absolute Gasteiger partial charge is 0.233 e. The summed E-state index contributed by atoms with van der Waals surface area (Å²) in [5.41, 5.74) is 3.58. The molecule has 4 nitrogen and oxygen atoms in total. The van der Waals surface area contributed by atoms with E-state index >= 15 is 0 Å². The third kappa shape index (κ3) is 4.91. The minimum Gasteiger partial charge on any atom is -0.496 e. The van der Waals surface area contributed by atoms with Crippen LogP contribution in [0.4, 0.5) is 0 Å². The average Bonchev–Trinajstić information content (AvgIpc) is 2.39. The highest BCUT2D eigenvalue weighted by molar-refractivity contribution is 5.77. The fourth-order valence-corrected chi connectivity index (χ4v) is 1.98. The Bertz CT molecular complexity index is 430. The van der Waals surface area contributed by atoms with Gasteiger partial charge < -0.3 is 15.4 Å². The van der Waals surface area contributed by atoms with Crippen molar-refractivity contribution in [3.63, 3.8) is 0 Å². The van der Waals surface area contributed by atoms with Crippen molar-refractivity contribution in [3.8, 4) is 5.75 Å². The van der Waals surface area contributed by atoms with Crippen molar-refractivity contribution in [2.45, 2.75) is 27.2 Å². The number of amides is 1. The van der Waals surface area contributed by atoms with Crippen LogP contribution in [0.2, 0.25) is 0 Å². The molecule has 0 saturated heterocycles. The van der Waals surface area contributed by atoms with Crippen LogP contribution in [0.25, 0.3) is 0 Å². The normalized spacial score (nSPS) is 10.3. The molecule has 2 N–H and O–H groups in total. The van der Waals surface area contributed by atoms with Gasteiger partial charge in [-0.15, -0.1) is 0 Å². The van der Waals surface area contributed by atoms with E-state index in [1.165, 1.54) is 11.1 Å². The van der Waals surface area contributed by atoms with Crippen molar-refractivity contribution >= 4 is 5.91 Å². The lowest BCUT2D eigenvalue weighted by Crippen LogP contribution is -2.34. The maximum atomic E-state index is 11.5. The molecule has 1 aromatic rings. The highest BCUT2D eigenvalue weighted by Crippen LogP contribution is 2.22. The van der Waals surface area contributed by atoms with E-state index in [0.717, 1.165) is 24.3 Å². The van der Waals surface area contributed by atoms with Gasteiger partial charge in [0.1, 0.15) is 5.75 Å². The molecule has 106 valence electrons. The van der Waals surface area contributed by atoms with Crippen LogP contribution >= 0.6 is 0 Å². The molecular formula is C15H24N2O2. The van der Waals surface area contributed by atoms with Crippen molar-refractivity contribution in [2.24, 2.45) is 0 Å². The minimum atomic E-state index is 0.0461. The molecule has 0 aliphatic carbocycles. The van der Waals surface area contributed by atoms with E-state index in [0.29, 0.717) is 13.1 Å². The molecule has 0 aliphatic rings. The first-order chi connectivity index (χ1) is 9.08. The van der Waals surface area contributed by atoms with Gasteiger partial charge in [0.15, 0.2) is 0 Å². The van der Waals surface area contributed by atoms with Crippen LogP contribution in [-0.2, 0) is 11.2 Å². The van der Waals surface area contributed by atoms with Crippen LogP contribution in [0.5, 0.6) is 5.75 Å². The molecule has 0 fully saturated rings. The summed E-state index contributed by atoms with van der Waals surface area (Å²) in [7, 11) is 1.68. The zero-order valence-electron chi connectivity index (χ0n) is 12.3. The molecule has 0 radical (unpaired) electrons. The lowest BCUT2D eigenvalue weighted by molar-refractivity contribution is -0.120. The molecule has 0 unspecified atom stereocenters. The molecule has 4 heteroatoms. The Labute approximate surface area is 115 Å². The van der Waals surface area contributed by atoms with Crippen molar-refractivity contribution in [3.05, 3.63) is 28.8 Å². The predicted octanol–water partition coefficient (Wildman–Crippen LogP) is 1.58. The number of benzene rings is 1. The number of nitrogens with one attached hydrogen (secondary N) is 2. The van der Waals surface area contributed by atoms with Crippen LogP contribution in [0.15, 0.2) is 12.1 Å². The van der Waals surface area contributed by atoms with Crippen LogP contribution in [0, 0.1) is 13.8 Å². The number of carbonyl (C=O) groups excluding carboxylic acids is 1. The van der Waals surface area contributed by atoms with Gasteiger partial charge in [0.25, 0.3) is 0 Å². The van der Waals surface area contributed by atoms with Crippen molar-refractivity contribution in [2.75, 3.05) is 26.7 Å². The molecule has 19 heavy (non-hydrogen) atoms. The molecule has 0 atom stereocenters. The molecular weight excluding hydrogens is 240 g/mol. The zero-order valence-corrected chi connectivity index (χ0v) is 12.3. The first-order valence-corrected chi connectivity index (χ1v) is 6.70. The number of hydrogen-bond acceptors (Lipinski definition) is 3. The Balaban J connectivity index is 2.49. The van der Waals surface area contributed by atoms with E-state index in [9.17, 15) is 4.79 Å². The Kier molecular flexibility index (Phi) is 6.36. The molecule has 1 rings (SSSR count). The quantitative estimate of drug-likeness (QED) is 0.786. The molecule has 1 amide bonds. The van der Waals surface area contributed by atoms with Crippen LogP contribution in [0.3, 0.4) is 0 Å². The second-order valence-electron chi connectivity index (χ2n) is 4.63. The fourth-order valence-electron chi connectivity index (χ4n) is 1.98. The van der Waals surface area contributed by atoms with Crippen LogP contribution < -0.4 is 15.4 Å². The van der Waals surface area contributed by atoms with E-state index in [1.807, 2.05) is 19.9 Å². The number of carbonyl (C=O) groups is 1. The first kappa shape index (κ1) is 15.5. The van der Waals surface area contributed by atoms with Gasteiger partial charge in [-0.1, -0.05) is 13.0 Å². The third-order valence-electron chi connectivity index (χ3n) is 3.11. The van der Waals surface area contributed by atoms with Crippen molar-refractivity contribution in [1.82, 2.24) is 10.6 Å². The summed E-state index contributed by atoms with van der Waals surface area (Å²) in [5, 5.41) is 5.91. The van der Waals surface area contributed by atoms with E-state index in [-0.39, 0.29) is 5.91 Å². The monoisotopic (exact) mass is 264 g/mol. The lowest BCUT2D eigenvalue weighted by atomic mass is 10.0. The SMILES string of the molecule is CCNCC(=O)NCCc1cc(C)c(OC)cc1C. The summed E-state index contributed by atoms with van der Waals surface area (Å²) in [6.45, 7) is 7.94. The molecule has 0 aliphatic heterocycles. The highest BCUT2D eigenvalue weighted by atomic mass is 16.5. The molecule has 0 aromatic heterocycles. The van der Waals surface area contributed by atoms with Gasteiger partial charge in [-0.2, -0.15) is 0 Å². The van der Waals surface area contributed by atoms with E-state index in [1.54, 1.807) is 7.11 Å². The highest BCUT2D eigenvalue weighted by Gasteiger charge is 2.05. The minimum absolute atomic E-state index is 0.0461. The summed E-state index contributed by atoms with van der Waals surface area (Å²) in [6.07, 6.45) is 0.842. The van der Waals surface area contributed by atoms with Gasteiger partial charge in [0.05, 0.1) is 13.7 Å². The van der Waals surface area contributed by atoms with Gasteiger partial charge in [-0.25, -0.2) is 0 Å². The average molecular weight is 264 g/mol. The van der Waals surface area contributed by atoms with Gasteiger partial charge in [-0.3, -0.25) is 4.79 Å². The summed E-state index contributed by atoms with van der Waals surface area (Å²) < 4.78 is 5.29. The second kappa shape index (κ2) is 7.79.